The van der Waals surface area contributed by atoms with Crippen LogP contribution in [-0.4, -0.2) is 79.8 Å². The quantitative estimate of drug-likeness (QED) is 0.352. The zero-order valence-electron chi connectivity index (χ0n) is 23.3. The summed E-state index contributed by atoms with van der Waals surface area (Å²) < 4.78 is 78.0. The van der Waals surface area contributed by atoms with Crippen molar-refractivity contribution in [2.45, 2.75) is 68.4 Å². The van der Waals surface area contributed by atoms with Crippen LogP contribution in [0.5, 0.6) is 5.75 Å². The van der Waals surface area contributed by atoms with Crippen molar-refractivity contribution >= 4 is 27.7 Å². The number of benzene rings is 2. The van der Waals surface area contributed by atoms with E-state index < -0.39 is 40.3 Å². The summed E-state index contributed by atoms with van der Waals surface area (Å²) in [6.45, 7) is 4.88. The van der Waals surface area contributed by atoms with Crippen LogP contribution in [0.1, 0.15) is 50.6 Å². The van der Waals surface area contributed by atoms with E-state index in [0.717, 1.165) is 25.6 Å². The molecule has 0 bridgehead atoms. The van der Waals surface area contributed by atoms with Crippen LogP contribution in [0.25, 0.3) is 0 Å². The van der Waals surface area contributed by atoms with Crippen molar-refractivity contribution in [3.63, 3.8) is 0 Å². The van der Waals surface area contributed by atoms with Crippen molar-refractivity contribution in [3.05, 3.63) is 59.1 Å². The Hall–Kier alpha value is -2.54. The van der Waals surface area contributed by atoms with E-state index in [-0.39, 0.29) is 17.5 Å². The smallest absolute Gasteiger partial charge is 0.448 e. The summed E-state index contributed by atoms with van der Waals surface area (Å²) in [6.07, 6.45) is -1.51. The van der Waals surface area contributed by atoms with Gasteiger partial charge in [0.2, 0.25) is 10.0 Å². The zero-order valence-corrected chi connectivity index (χ0v) is 24.9. The van der Waals surface area contributed by atoms with Crippen molar-refractivity contribution in [2.24, 2.45) is 5.92 Å². The van der Waals surface area contributed by atoms with E-state index in [1.165, 1.54) is 59.6 Å². The Morgan fingerprint density at radius 3 is 2.45 bits per heavy atom. The normalized spacial score (nSPS) is 24.4. The van der Waals surface area contributed by atoms with Gasteiger partial charge in [-0.15, -0.1) is 13.2 Å². The van der Waals surface area contributed by atoms with E-state index in [9.17, 15) is 26.4 Å². The Bertz CT molecular complexity index is 1360. The van der Waals surface area contributed by atoms with Crippen molar-refractivity contribution in [1.82, 2.24) is 14.1 Å². The molecule has 0 unspecified atom stereocenters. The lowest BCUT2D eigenvalue weighted by Crippen LogP contribution is -2.55. The minimum atomic E-state index is -4.89. The summed E-state index contributed by atoms with van der Waals surface area (Å²) in [7, 11) is -4.17. The van der Waals surface area contributed by atoms with Crippen LogP contribution in [0.15, 0.2) is 53.4 Å². The fraction of sp³-hybridized carbons (Fsp3) is 0.552. The third-order valence-electron chi connectivity index (χ3n) is 8.11. The van der Waals surface area contributed by atoms with E-state index >= 15 is 0 Å². The van der Waals surface area contributed by atoms with Gasteiger partial charge in [0, 0.05) is 37.2 Å². The monoisotopic (exact) mass is 629 g/mol. The molecule has 0 N–H and O–H groups in total. The first kappa shape index (κ1) is 30.9. The Kier molecular flexibility index (Phi) is 9.27. The Morgan fingerprint density at radius 1 is 1.05 bits per heavy atom. The van der Waals surface area contributed by atoms with Crippen molar-refractivity contribution in [3.8, 4) is 5.75 Å². The predicted molar refractivity (Wildman–Crippen MR) is 151 cm³/mol. The first-order valence-corrected chi connectivity index (χ1v) is 16.0. The SMILES string of the molecule is C[C@H]1CN(CC2CC2)CCN1C(=O)OC[C@@H]1CCC[C@H](c2cccc(OC(F)(F)F)c2)N1S(=O)(=O)c1ccc(Cl)cc1. The van der Waals surface area contributed by atoms with E-state index in [0.29, 0.717) is 36.4 Å². The number of ether oxygens (including phenoxy) is 2. The molecule has 2 aromatic carbocycles. The standard InChI is InChI=1S/C29H35ClF3N3O5S/c1-20-17-34(18-21-8-9-21)14-15-35(20)28(37)40-19-24-5-3-7-27(22-4-2-6-25(16-22)41-29(31,32)33)36(24)42(38,39)26-12-10-23(30)11-13-26/h2,4,6,10-13,16,20-21,24,27H,3,5,7-9,14-15,17-19H2,1H3/t20-,24-,27+/m0/s1. The zero-order chi connectivity index (χ0) is 30.1. The summed E-state index contributed by atoms with van der Waals surface area (Å²) in [5, 5.41) is 0.359. The Balaban J connectivity index is 1.36. The molecule has 42 heavy (non-hydrogen) atoms. The molecule has 230 valence electrons. The number of piperazine rings is 1. The Morgan fingerprint density at radius 2 is 1.79 bits per heavy atom. The van der Waals surface area contributed by atoms with Crippen molar-refractivity contribution in [2.75, 3.05) is 32.8 Å². The molecular formula is C29H35ClF3N3O5S. The number of hydrogen-bond acceptors (Lipinski definition) is 6. The van der Waals surface area contributed by atoms with Crippen LogP contribution in [0.3, 0.4) is 0 Å². The van der Waals surface area contributed by atoms with Crippen LogP contribution >= 0.6 is 11.6 Å². The fourth-order valence-electron chi connectivity index (χ4n) is 5.92. The number of alkyl halides is 3. The van der Waals surface area contributed by atoms with Gasteiger partial charge in [-0.1, -0.05) is 23.7 Å². The third kappa shape index (κ3) is 7.50. The molecule has 2 aliphatic heterocycles. The van der Waals surface area contributed by atoms with Gasteiger partial charge in [-0.25, -0.2) is 13.2 Å². The van der Waals surface area contributed by atoms with Gasteiger partial charge < -0.3 is 14.4 Å². The van der Waals surface area contributed by atoms with Crippen LogP contribution in [0.4, 0.5) is 18.0 Å². The highest BCUT2D eigenvalue weighted by Crippen LogP contribution is 2.40. The fourth-order valence-corrected chi connectivity index (χ4v) is 7.89. The largest absolute Gasteiger partial charge is 0.573 e. The third-order valence-corrected chi connectivity index (χ3v) is 10.3. The molecule has 0 radical (unpaired) electrons. The molecular weight excluding hydrogens is 595 g/mol. The number of sulfonamides is 1. The summed E-state index contributed by atoms with van der Waals surface area (Å²) in [5.74, 6) is 0.316. The predicted octanol–water partition coefficient (Wildman–Crippen LogP) is 6.08. The highest BCUT2D eigenvalue weighted by molar-refractivity contribution is 7.89. The average molecular weight is 630 g/mol. The number of piperidine rings is 1. The lowest BCUT2D eigenvalue weighted by molar-refractivity contribution is -0.274. The molecule has 0 aromatic heterocycles. The molecule has 3 atom stereocenters. The van der Waals surface area contributed by atoms with E-state index in [1.54, 1.807) is 11.0 Å². The molecule has 13 heteroatoms. The molecule has 5 rings (SSSR count). The topological polar surface area (TPSA) is 79.4 Å². The maximum Gasteiger partial charge on any atom is 0.573 e. The maximum atomic E-state index is 14.0. The minimum absolute atomic E-state index is 0.0155. The number of halogens is 4. The van der Waals surface area contributed by atoms with Crippen molar-refractivity contribution in [1.29, 1.82) is 0 Å². The van der Waals surface area contributed by atoms with Crippen molar-refractivity contribution < 1.29 is 35.9 Å². The van der Waals surface area contributed by atoms with E-state index in [4.69, 9.17) is 16.3 Å². The van der Waals surface area contributed by atoms with Gasteiger partial charge in [0.05, 0.1) is 17.0 Å². The lowest BCUT2D eigenvalue weighted by Gasteiger charge is -2.42. The summed E-state index contributed by atoms with van der Waals surface area (Å²) in [4.78, 5) is 17.2. The molecule has 8 nitrogen and oxygen atoms in total. The lowest BCUT2D eigenvalue weighted by atomic mass is 9.93. The summed E-state index contributed by atoms with van der Waals surface area (Å²) >= 11 is 6.00. The van der Waals surface area contributed by atoms with Crippen LogP contribution in [0.2, 0.25) is 5.02 Å². The number of carbonyl (C=O) groups excluding carboxylic acids is 1. The number of amides is 1. The van der Waals surface area contributed by atoms with Gasteiger partial charge in [-0.05, 0) is 86.9 Å². The van der Waals surface area contributed by atoms with Crippen LogP contribution in [0, 0.1) is 5.92 Å². The number of carbonyl (C=O) groups is 1. The maximum absolute atomic E-state index is 14.0. The number of rotatable bonds is 8. The van der Waals surface area contributed by atoms with Crippen LogP contribution < -0.4 is 4.74 Å². The first-order chi connectivity index (χ1) is 19.9. The minimum Gasteiger partial charge on any atom is -0.448 e. The summed E-state index contributed by atoms with van der Waals surface area (Å²) in [6, 6.07) is 9.48. The molecule has 2 aromatic rings. The second kappa shape index (κ2) is 12.6. The number of nitrogens with zero attached hydrogens (tertiary/aromatic N) is 3. The molecule has 1 saturated carbocycles. The van der Waals surface area contributed by atoms with Gasteiger partial charge in [0.15, 0.2) is 0 Å². The van der Waals surface area contributed by atoms with Crippen LogP contribution in [-0.2, 0) is 14.8 Å². The molecule has 2 saturated heterocycles. The highest BCUT2D eigenvalue weighted by Gasteiger charge is 2.42. The van der Waals surface area contributed by atoms with Gasteiger partial charge in [0.1, 0.15) is 12.4 Å². The molecule has 3 fully saturated rings. The second-order valence-electron chi connectivity index (χ2n) is 11.3. The van der Waals surface area contributed by atoms with Gasteiger partial charge in [-0.2, -0.15) is 4.31 Å². The average Bonchev–Trinajstić information content (AvgIpc) is 3.75. The van der Waals surface area contributed by atoms with Gasteiger partial charge in [0.25, 0.3) is 0 Å². The van der Waals surface area contributed by atoms with Gasteiger partial charge in [-0.3, -0.25) is 4.90 Å². The molecule has 2 heterocycles. The molecule has 3 aliphatic rings. The Labute approximate surface area is 249 Å². The molecule has 1 amide bonds. The van der Waals surface area contributed by atoms with E-state index in [2.05, 4.69) is 9.64 Å². The molecule has 1 aliphatic carbocycles. The molecule has 0 spiro atoms. The highest BCUT2D eigenvalue weighted by atomic mass is 35.5. The van der Waals surface area contributed by atoms with Gasteiger partial charge >= 0.3 is 12.5 Å². The number of hydrogen-bond donors (Lipinski definition) is 0. The van der Waals surface area contributed by atoms with E-state index in [1.807, 2.05) is 6.92 Å². The summed E-state index contributed by atoms with van der Waals surface area (Å²) in [5.41, 5.74) is 0.353. The second-order valence-corrected chi connectivity index (χ2v) is 13.6. The first-order valence-electron chi connectivity index (χ1n) is 14.2.